The molecule has 0 radical (unpaired) electrons. The summed E-state index contributed by atoms with van der Waals surface area (Å²) in [5.41, 5.74) is 0. The second-order valence-corrected chi connectivity index (χ2v) is 6.60. The zero-order valence-corrected chi connectivity index (χ0v) is 14.6. The Hall–Kier alpha value is -0.650. The third-order valence-corrected chi connectivity index (χ3v) is 5.05. The first-order valence-corrected chi connectivity index (χ1v) is 8.98. The number of amides is 1. The monoisotopic (exact) mass is 311 g/mol. The van der Waals surface area contributed by atoms with Crippen LogP contribution in [0.3, 0.4) is 0 Å². The Morgan fingerprint density at radius 2 is 1.59 bits per heavy atom. The normalized spacial score (nSPS) is 29.7. The summed E-state index contributed by atoms with van der Waals surface area (Å²) in [5, 5.41) is 0. The molecule has 128 valence electrons. The molecule has 0 N–H and O–H groups in total. The third-order valence-electron chi connectivity index (χ3n) is 5.05. The Balaban J connectivity index is 0.000000162. The van der Waals surface area contributed by atoms with Crippen LogP contribution in [0.4, 0.5) is 0 Å². The van der Waals surface area contributed by atoms with Crippen molar-refractivity contribution >= 4 is 5.91 Å². The Kier molecular flexibility index (Phi) is 7.12. The standard InChI is InChI=1S/C9H18N2O.C8H15NO/c1-3-10-5-4-6-11(8-7-10)9(2)12;1-2-9-5-7-3-4-8(6-9)10-7/h3-8H2,1-2H3;7-8H,2-6H2,1H3. The smallest absolute Gasteiger partial charge is 0.219 e. The number of ether oxygens (including phenoxy) is 1. The number of carbonyl (C=O) groups is 1. The van der Waals surface area contributed by atoms with Crippen LogP contribution in [0.25, 0.3) is 0 Å². The molecule has 3 aliphatic heterocycles. The van der Waals surface area contributed by atoms with Crippen LogP contribution >= 0.6 is 0 Å². The van der Waals surface area contributed by atoms with Crippen LogP contribution in [-0.2, 0) is 9.53 Å². The van der Waals surface area contributed by atoms with E-state index in [0.29, 0.717) is 12.2 Å². The fourth-order valence-electron chi connectivity index (χ4n) is 3.56. The molecule has 2 atom stereocenters. The van der Waals surface area contributed by atoms with Gasteiger partial charge in [-0.25, -0.2) is 0 Å². The molecule has 0 aromatic rings. The molecule has 22 heavy (non-hydrogen) atoms. The molecule has 2 bridgehead atoms. The molecular weight excluding hydrogens is 278 g/mol. The number of likely N-dealkylation sites (tertiary alicyclic amines) is 1. The van der Waals surface area contributed by atoms with Gasteiger partial charge in [0.2, 0.25) is 5.91 Å². The van der Waals surface area contributed by atoms with Crippen molar-refractivity contribution in [3.63, 3.8) is 0 Å². The lowest BCUT2D eigenvalue weighted by Crippen LogP contribution is -2.42. The molecule has 5 heteroatoms. The maximum absolute atomic E-state index is 11.1. The molecule has 3 heterocycles. The molecule has 3 rings (SSSR count). The number of hydrogen-bond acceptors (Lipinski definition) is 4. The van der Waals surface area contributed by atoms with E-state index in [1.54, 1.807) is 6.92 Å². The summed E-state index contributed by atoms with van der Waals surface area (Å²) in [4.78, 5) is 17.9. The second kappa shape index (κ2) is 8.85. The van der Waals surface area contributed by atoms with Crippen LogP contribution in [0.15, 0.2) is 0 Å². The van der Waals surface area contributed by atoms with Gasteiger partial charge in [-0.2, -0.15) is 0 Å². The highest BCUT2D eigenvalue weighted by molar-refractivity contribution is 5.73. The molecule has 5 nitrogen and oxygen atoms in total. The zero-order chi connectivity index (χ0) is 15.9. The number of carbonyl (C=O) groups excluding carboxylic acids is 1. The number of fused-ring (bicyclic) bond motifs is 2. The van der Waals surface area contributed by atoms with Crippen molar-refractivity contribution < 1.29 is 9.53 Å². The molecule has 0 aromatic carbocycles. The summed E-state index contributed by atoms with van der Waals surface area (Å²) in [6.45, 7) is 14.7. The van der Waals surface area contributed by atoms with Gasteiger partial charge in [0, 0.05) is 39.6 Å². The summed E-state index contributed by atoms with van der Waals surface area (Å²) in [6, 6.07) is 0. The van der Waals surface area contributed by atoms with E-state index in [1.165, 1.54) is 32.5 Å². The van der Waals surface area contributed by atoms with E-state index in [-0.39, 0.29) is 5.91 Å². The quantitative estimate of drug-likeness (QED) is 0.773. The number of nitrogens with zero attached hydrogens (tertiary/aromatic N) is 3. The van der Waals surface area contributed by atoms with E-state index < -0.39 is 0 Å². The molecule has 3 aliphatic rings. The number of morpholine rings is 1. The summed E-state index contributed by atoms with van der Waals surface area (Å²) < 4.78 is 5.69. The fraction of sp³-hybridized carbons (Fsp3) is 0.941. The summed E-state index contributed by atoms with van der Waals surface area (Å²) in [5.74, 6) is 0.216. The average Bonchev–Trinajstić information content (AvgIpc) is 2.75. The topological polar surface area (TPSA) is 36.0 Å². The lowest BCUT2D eigenvalue weighted by Gasteiger charge is -2.30. The van der Waals surface area contributed by atoms with Gasteiger partial charge < -0.3 is 14.5 Å². The number of hydrogen-bond donors (Lipinski definition) is 0. The van der Waals surface area contributed by atoms with Crippen LogP contribution < -0.4 is 0 Å². The molecular formula is C17H33N3O2. The Labute approximate surface area is 135 Å². The van der Waals surface area contributed by atoms with Gasteiger partial charge in [-0.05, 0) is 38.9 Å². The van der Waals surface area contributed by atoms with E-state index >= 15 is 0 Å². The fourth-order valence-corrected chi connectivity index (χ4v) is 3.56. The molecule has 0 aromatic heterocycles. The molecule has 0 aliphatic carbocycles. The molecule has 0 spiro atoms. The highest BCUT2D eigenvalue weighted by atomic mass is 16.5. The average molecular weight is 311 g/mol. The molecule has 3 fully saturated rings. The summed E-state index contributed by atoms with van der Waals surface area (Å²) >= 11 is 0. The first-order chi connectivity index (χ1) is 10.6. The van der Waals surface area contributed by atoms with E-state index in [2.05, 4.69) is 23.6 Å². The molecule has 1 amide bonds. The van der Waals surface area contributed by atoms with Crippen molar-refractivity contribution in [2.75, 3.05) is 52.4 Å². The zero-order valence-electron chi connectivity index (χ0n) is 14.6. The second-order valence-electron chi connectivity index (χ2n) is 6.60. The number of rotatable bonds is 2. The maximum Gasteiger partial charge on any atom is 0.219 e. The van der Waals surface area contributed by atoms with Crippen molar-refractivity contribution in [2.45, 2.75) is 52.2 Å². The first-order valence-electron chi connectivity index (χ1n) is 8.98. The SMILES string of the molecule is CCN1CC2CCC(C1)O2.CCN1CCCN(C(C)=O)CC1. The highest BCUT2D eigenvalue weighted by Gasteiger charge is 2.32. The van der Waals surface area contributed by atoms with Crippen molar-refractivity contribution in [3.05, 3.63) is 0 Å². The molecule has 2 unspecified atom stereocenters. The van der Waals surface area contributed by atoms with Gasteiger partial charge in [-0.15, -0.1) is 0 Å². The van der Waals surface area contributed by atoms with Gasteiger partial charge in [-0.3, -0.25) is 9.69 Å². The Morgan fingerprint density at radius 1 is 0.955 bits per heavy atom. The van der Waals surface area contributed by atoms with E-state index in [1.807, 2.05) is 4.90 Å². The lowest BCUT2D eigenvalue weighted by molar-refractivity contribution is -0.128. The third kappa shape index (κ3) is 5.21. The van der Waals surface area contributed by atoms with Gasteiger partial charge >= 0.3 is 0 Å². The lowest BCUT2D eigenvalue weighted by atomic mass is 10.2. The number of likely N-dealkylation sites (N-methyl/N-ethyl adjacent to an activating group) is 2. The molecule has 3 saturated heterocycles. The summed E-state index contributed by atoms with van der Waals surface area (Å²) in [7, 11) is 0. The largest absolute Gasteiger partial charge is 0.372 e. The van der Waals surface area contributed by atoms with Crippen LogP contribution in [0.1, 0.15) is 40.0 Å². The predicted octanol–water partition coefficient (Wildman–Crippen LogP) is 1.43. The van der Waals surface area contributed by atoms with Gasteiger partial charge in [0.1, 0.15) is 0 Å². The maximum atomic E-state index is 11.1. The van der Waals surface area contributed by atoms with Crippen molar-refractivity contribution in [2.24, 2.45) is 0 Å². The minimum atomic E-state index is 0.216. The summed E-state index contributed by atoms with van der Waals surface area (Å²) in [6.07, 6.45) is 4.84. The van der Waals surface area contributed by atoms with Crippen LogP contribution in [-0.4, -0.2) is 85.2 Å². The van der Waals surface area contributed by atoms with Crippen LogP contribution in [0.2, 0.25) is 0 Å². The van der Waals surface area contributed by atoms with Crippen molar-refractivity contribution in [3.8, 4) is 0 Å². The van der Waals surface area contributed by atoms with Gasteiger partial charge in [0.05, 0.1) is 12.2 Å². The molecule has 0 saturated carbocycles. The Bertz CT molecular complexity index is 339. The van der Waals surface area contributed by atoms with Crippen LogP contribution in [0.5, 0.6) is 0 Å². The minimum absolute atomic E-state index is 0.216. The minimum Gasteiger partial charge on any atom is -0.372 e. The van der Waals surface area contributed by atoms with Crippen molar-refractivity contribution in [1.82, 2.24) is 14.7 Å². The van der Waals surface area contributed by atoms with Gasteiger partial charge in [0.25, 0.3) is 0 Å². The van der Waals surface area contributed by atoms with Gasteiger partial charge in [0.15, 0.2) is 0 Å². The highest BCUT2D eigenvalue weighted by Crippen LogP contribution is 2.25. The van der Waals surface area contributed by atoms with Gasteiger partial charge in [-0.1, -0.05) is 13.8 Å². The van der Waals surface area contributed by atoms with Crippen molar-refractivity contribution in [1.29, 1.82) is 0 Å². The van der Waals surface area contributed by atoms with E-state index in [0.717, 1.165) is 39.1 Å². The Morgan fingerprint density at radius 3 is 2.14 bits per heavy atom. The van der Waals surface area contributed by atoms with E-state index in [9.17, 15) is 4.79 Å². The van der Waals surface area contributed by atoms with E-state index in [4.69, 9.17) is 4.74 Å². The first kappa shape index (κ1) is 17.7. The predicted molar refractivity (Wildman–Crippen MR) is 89.0 cm³/mol. The van der Waals surface area contributed by atoms with Crippen LogP contribution in [0, 0.1) is 0 Å².